The standard InChI is InChI=1S/C14H22N2/c1-15-11-13-7-3-2-6-12(13)10-14-8-4-5-9-16-14/h4-5,8-9,12-13,15H,2-3,6-7,10-11H2,1H3. The molecule has 88 valence electrons. The summed E-state index contributed by atoms with van der Waals surface area (Å²) in [7, 11) is 2.06. The maximum Gasteiger partial charge on any atom is 0.0406 e. The van der Waals surface area contributed by atoms with Gasteiger partial charge in [0.1, 0.15) is 0 Å². The average molecular weight is 218 g/mol. The van der Waals surface area contributed by atoms with Crippen LogP contribution in [0.15, 0.2) is 24.4 Å². The molecule has 0 radical (unpaired) electrons. The van der Waals surface area contributed by atoms with Crippen LogP contribution in [-0.2, 0) is 6.42 Å². The molecule has 1 aliphatic rings. The predicted octanol–water partition coefficient (Wildman–Crippen LogP) is 2.65. The van der Waals surface area contributed by atoms with Gasteiger partial charge in [-0.05, 0) is 56.8 Å². The third-order valence-electron chi connectivity index (χ3n) is 3.73. The van der Waals surface area contributed by atoms with Gasteiger partial charge in [0.2, 0.25) is 0 Å². The molecule has 0 saturated heterocycles. The number of nitrogens with one attached hydrogen (secondary N) is 1. The second-order valence-corrected chi connectivity index (χ2v) is 4.89. The second kappa shape index (κ2) is 6.00. The summed E-state index contributed by atoms with van der Waals surface area (Å²) in [5.74, 6) is 1.68. The van der Waals surface area contributed by atoms with Gasteiger partial charge in [-0.25, -0.2) is 0 Å². The molecule has 16 heavy (non-hydrogen) atoms. The Morgan fingerprint density at radius 3 is 2.75 bits per heavy atom. The first-order valence-electron chi connectivity index (χ1n) is 6.44. The van der Waals surface area contributed by atoms with Crippen LogP contribution in [0, 0.1) is 11.8 Å². The quantitative estimate of drug-likeness (QED) is 0.840. The number of nitrogens with zero attached hydrogens (tertiary/aromatic N) is 1. The normalized spacial score (nSPS) is 25.6. The molecule has 0 amide bonds. The van der Waals surface area contributed by atoms with Crippen LogP contribution in [-0.4, -0.2) is 18.6 Å². The van der Waals surface area contributed by atoms with Crippen LogP contribution in [0.25, 0.3) is 0 Å². The molecule has 0 aromatic carbocycles. The number of aromatic nitrogens is 1. The van der Waals surface area contributed by atoms with Crippen molar-refractivity contribution in [2.45, 2.75) is 32.1 Å². The molecule has 2 unspecified atom stereocenters. The zero-order valence-corrected chi connectivity index (χ0v) is 10.2. The molecule has 1 aromatic rings. The maximum absolute atomic E-state index is 4.45. The molecular weight excluding hydrogens is 196 g/mol. The zero-order chi connectivity index (χ0) is 11.2. The van der Waals surface area contributed by atoms with Gasteiger partial charge in [0.25, 0.3) is 0 Å². The third kappa shape index (κ3) is 3.05. The molecule has 1 saturated carbocycles. The average Bonchev–Trinajstić information content (AvgIpc) is 2.33. The summed E-state index contributed by atoms with van der Waals surface area (Å²) in [4.78, 5) is 4.45. The van der Waals surface area contributed by atoms with E-state index >= 15 is 0 Å². The highest BCUT2D eigenvalue weighted by Gasteiger charge is 2.24. The fourth-order valence-electron chi connectivity index (χ4n) is 2.87. The highest BCUT2D eigenvalue weighted by molar-refractivity contribution is 5.05. The minimum Gasteiger partial charge on any atom is -0.319 e. The van der Waals surface area contributed by atoms with Gasteiger partial charge in [0.05, 0.1) is 0 Å². The van der Waals surface area contributed by atoms with Crippen LogP contribution in [0.3, 0.4) is 0 Å². The Hall–Kier alpha value is -0.890. The van der Waals surface area contributed by atoms with E-state index in [-0.39, 0.29) is 0 Å². The lowest BCUT2D eigenvalue weighted by molar-refractivity contribution is 0.231. The van der Waals surface area contributed by atoms with E-state index in [9.17, 15) is 0 Å². The number of hydrogen-bond acceptors (Lipinski definition) is 2. The van der Waals surface area contributed by atoms with Gasteiger partial charge in [-0.15, -0.1) is 0 Å². The van der Waals surface area contributed by atoms with Crippen molar-refractivity contribution < 1.29 is 0 Å². The molecule has 1 aliphatic carbocycles. The maximum atomic E-state index is 4.45. The molecule has 1 aromatic heterocycles. The van der Waals surface area contributed by atoms with Gasteiger partial charge in [-0.2, -0.15) is 0 Å². The van der Waals surface area contributed by atoms with E-state index in [4.69, 9.17) is 0 Å². The Morgan fingerprint density at radius 1 is 1.25 bits per heavy atom. The zero-order valence-electron chi connectivity index (χ0n) is 10.2. The predicted molar refractivity (Wildman–Crippen MR) is 67.3 cm³/mol. The Balaban J connectivity index is 1.96. The van der Waals surface area contributed by atoms with E-state index in [1.54, 1.807) is 0 Å². The van der Waals surface area contributed by atoms with Gasteiger partial charge in [-0.3, -0.25) is 4.98 Å². The third-order valence-corrected chi connectivity index (χ3v) is 3.73. The molecule has 2 heteroatoms. The summed E-state index contributed by atoms with van der Waals surface area (Å²) in [5, 5.41) is 3.33. The van der Waals surface area contributed by atoms with Crippen molar-refractivity contribution in [2.24, 2.45) is 11.8 Å². The van der Waals surface area contributed by atoms with Crippen molar-refractivity contribution >= 4 is 0 Å². The molecule has 0 aliphatic heterocycles. The summed E-state index contributed by atoms with van der Waals surface area (Å²) in [6.45, 7) is 1.16. The van der Waals surface area contributed by atoms with E-state index in [0.717, 1.165) is 24.8 Å². The summed E-state index contributed by atoms with van der Waals surface area (Å²) in [5.41, 5.74) is 1.26. The Bertz CT molecular complexity index is 295. The molecule has 1 N–H and O–H groups in total. The first kappa shape index (κ1) is 11.6. The van der Waals surface area contributed by atoms with E-state index in [2.05, 4.69) is 29.5 Å². The number of rotatable bonds is 4. The Labute approximate surface area is 98.5 Å². The highest BCUT2D eigenvalue weighted by Crippen LogP contribution is 2.31. The lowest BCUT2D eigenvalue weighted by Gasteiger charge is -2.31. The van der Waals surface area contributed by atoms with Crippen LogP contribution in [0.2, 0.25) is 0 Å². The molecule has 1 heterocycles. The lowest BCUT2D eigenvalue weighted by atomic mass is 9.77. The second-order valence-electron chi connectivity index (χ2n) is 4.89. The molecule has 0 bridgehead atoms. The first-order chi connectivity index (χ1) is 7.90. The summed E-state index contributed by atoms with van der Waals surface area (Å²) in [6, 6.07) is 6.25. The number of pyridine rings is 1. The van der Waals surface area contributed by atoms with E-state index < -0.39 is 0 Å². The van der Waals surface area contributed by atoms with Crippen LogP contribution in [0.5, 0.6) is 0 Å². The van der Waals surface area contributed by atoms with Crippen molar-refractivity contribution in [1.29, 1.82) is 0 Å². The Kier molecular flexibility index (Phi) is 4.34. The van der Waals surface area contributed by atoms with Crippen molar-refractivity contribution in [3.63, 3.8) is 0 Å². The van der Waals surface area contributed by atoms with Gasteiger partial charge < -0.3 is 5.32 Å². The largest absolute Gasteiger partial charge is 0.319 e. The van der Waals surface area contributed by atoms with Gasteiger partial charge in [0, 0.05) is 11.9 Å². The van der Waals surface area contributed by atoms with Gasteiger partial charge >= 0.3 is 0 Å². The number of hydrogen-bond donors (Lipinski definition) is 1. The fourth-order valence-corrected chi connectivity index (χ4v) is 2.87. The summed E-state index contributed by atoms with van der Waals surface area (Å²) in [6.07, 6.45) is 8.64. The van der Waals surface area contributed by atoms with Crippen LogP contribution in [0.4, 0.5) is 0 Å². The van der Waals surface area contributed by atoms with E-state index in [0.29, 0.717) is 0 Å². The molecule has 2 nitrogen and oxygen atoms in total. The van der Waals surface area contributed by atoms with Crippen molar-refractivity contribution in [2.75, 3.05) is 13.6 Å². The summed E-state index contributed by atoms with van der Waals surface area (Å²) >= 11 is 0. The monoisotopic (exact) mass is 218 g/mol. The molecule has 1 fully saturated rings. The molecule has 2 rings (SSSR count). The molecule has 0 spiro atoms. The van der Waals surface area contributed by atoms with Gasteiger partial charge in [-0.1, -0.05) is 18.9 Å². The first-order valence-corrected chi connectivity index (χ1v) is 6.44. The SMILES string of the molecule is CNCC1CCCCC1Cc1ccccn1. The smallest absolute Gasteiger partial charge is 0.0406 e. The molecule has 2 atom stereocenters. The van der Waals surface area contributed by atoms with Crippen molar-refractivity contribution in [3.05, 3.63) is 30.1 Å². The highest BCUT2D eigenvalue weighted by atomic mass is 14.8. The lowest BCUT2D eigenvalue weighted by Crippen LogP contribution is -2.30. The van der Waals surface area contributed by atoms with Crippen molar-refractivity contribution in [3.8, 4) is 0 Å². The minimum atomic E-state index is 0.830. The Morgan fingerprint density at radius 2 is 2.06 bits per heavy atom. The minimum absolute atomic E-state index is 0.830. The van der Waals surface area contributed by atoms with Crippen molar-refractivity contribution in [1.82, 2.24) is 10.3 Å². The molecular formula is C14H22N2. The van der Waals surface area contributed by atoms with Gasteiger partial charge in [0.15, 0.2) is 0 Å². The van der Waals surface area contributed by atoms with E-state index in [1.807, 2.05) is 12.3 Å². The topological polar surface area (TPSA) is 24.9 Å². The van der Waals surface area contributed by atoms with Crippen LogP contribution >= 0.6 is 0 Å². The fraction of sp³-hybridized carbons (Fsp3) is 0.643. The summed E-state index contributed by atoms with van der Waals surface area (Å²) < 4.78 is 0. The van der Waals surface area contributed by atoms with Crippen LogP contribution < -0.4 is 5.32 Å². The van der Waals surface area contributed by atoms with Crippen LogP contribution in [0.1, 0.15) is 31.4 Å². The van der Waals surface area contributed by atoms with E-state index in [1.165, 1.54) is 31.4 Å².